The Labute approximate surface area is 200 Å². The predicted molar refractivity (Wildman–Crippen MR) is 125 cm³/mol. The minimum Gasteiger partial charge on any atom is -0.490 e. The van der Waals surface area contributed by atoms with Crippen LogP contribution < -0.4 is 14.8 Å². The van der Waals surface area contributed by atoms with Crippen molar-refractivity contribution >= 4 is 46.6 Å². The molecule has 1 heterocycles. The van der Waals surface area contributed by atoms with Gasteiger partial charge in [-0.2, -0.15) is 0 Å². The minimum absolute atomic E-state index is 0.185. The first kappa shape index (κ1) is 23.9. The lowest BCUT2D eigenvalue weighted by molar-refractivity contribution is 0.269. The topological polar surface area (TPSA) is 74.1 Å². The molecule has 3 rings (SSSR count). The second-order valence-corrected chi connectivity index (χ2v) is 8.72. The van der Waals surface area contributed by atoms with Crippen molar-refractivity contribution < 1.29 is 9.47 Å². The molecule has 1 N–H and O–H groups in total. The van der Waals surface area contributed by atoms with E-state index in [1.807, 2.05) is 26.1 Å². The highest BCUT2D eigenvalue weighted by Gasteiger charge is 2.15. The number of benzene rings is 2. The Bertz CT molecular complexity index is 998. The number of halogens is 3. The molecule has 0 saturated heterocycles. The smallest absolute Gasteiger partial charge is 0.209 e. The lowest BCUT2D eigenvalue weighted by Crippen LogP contribution is -2.17. The van der Waals surface area contributed by atoms with Crippen molar-refractivity contribution in [1.29, 1.82) is 0 Å². The van der Waals surface area contributed by atoms with Crippen molar-refractivity contribution in [2.45, 2.75) is 25.2 Å². The summed E-state index contributed by atoms with van der Waals surface area (Å²) in [5.74, 6) is 1.88. The average molecular weight is 503 g/mol. The van der Waals surface area contributed by atoms with Gasteiger partial charge in [-0.05, 0) is 47.2 Å². The number of hydrogen-bond acceptors (Lipinski definition) is 7. The molecule has 0 saturated carbocycles. The van der Waals surface area contributed by atoms with Crippen LogP contribution in [0.3, 0.4) is 0 Å². The summed E-state index contributed by atoms with van der Waals surface area (Å²) >= 11 is 20.6. The van der Waals surface area contributed by atoms with Gasteiger partial charge < -0.3 is 14.8 Å². The molecule has 0 fully saturated rings. The van der Waals surface area contributed by atoms with Crippen LogP contribution in [-0.2, 0) is 20.2 Å². The maximum absolute atomic E-state index is 6.51. The van der Waals surface area contributed by atoms with Gasteiger partial charge in [0.15, 0.2) is 11.5 Å². The van der Waals surface area contributed by atoms with Crippen LogP contribution in [0.1, 0.15) is 18.1 Å². The van der Waals surface area contributed by atoms with Gasteiger partial charge in [0.05, 0.1) is 11.6 Å². The Morgan fingerprint density at radius 1 is 1.10 bits per heavy atom. The minimum atomic E-state index is 0.185. The molecule has 0 spiro atoms. The van der Waals surface area contributed by atoms with Gasteiger partial charge in [0.2, 0.25) is 5.16 Å². The molecule has 0 aliphatic rings. The van der Waals surface area contributed by atoms with Crippen molar-refractivity contribution in [3.8, 4) is 11.5 Å². The molecule has 0 aliphatic heterocycles. The molecule has 31 heavy (non-hydrogen) atoms. The zero-order valence-corrected chi connectivity index (χ0v) is 20.2. The second-order valence-electron chi connectivity index (χ2n) is 6.44. The summed E-state index contributed by atoms with van der Waals surface area (Å²) in [6, 6.07) is 9.11. The van der Waals surface area contributed by atoms with Crippen LogP contribution in [0.5, 0.6) is 11.5 Å². The number of hydrogen-bond donors (Lipinski definition) is 1. The molecule has 11 heteroatoms. The largest absolute Gasteiger partial charge is 0.490 e. The standard InChI is InChI=1S/C20H22Cl3N5O2S/c1-3-29-18-10-13(11-24-7-8-31-20-25-26-27-28(20)2)9-17(23)19(18)30-12-14-15(21)5-4-6-16(14)22/h4-6,9-10,24H,3,7-8,11-12H2,1-2H3. The highest BCUT2D eigenvalue weighted by molar-refractivity contribution is 7.99. The van der Waals surface area contributed by atoms with Crippen LogP contribution in [0.15, 0.2) is 35.5 Å². The summed E-state index contributed by atoms with van der Waals surface area (Å²) in [6.45, 7) is 3.99. The van der Waals surface area contributed by atoms with Gasteiger partial charge in [-0.3, -0.25) is 0 Å². The van der Waals surface area contributed by atoms with Crippen LogP contribution in [0.2, 0.25) is 15.1 Å². The quantitative estimate of drug-likeness (QED) is 0.291. The lowest BCUT2D eigenvalue weighted by atomic mass is 10.2. The molecule has 0 unspecified atom stereocenters. The predicted octanol–water partition coefficient (Wildman–Crippen LogP) is 5.03. The fourth-order valence-corrected chi connectivity index (χ4v) is 4.27. The van der Waals surface area contributed by atoms with Gasteiger partial charge in [0, 0.05) is 41.5 Å². The number of aromatic nitrogens is 4. The van der Waals surface area contributed by atoms with Crippen LogP contribution in [0.4, 0.5) is 0 Å². The van der Waals surface area contributed by atoms with Crippen LogP contribution in [0, 0.1) is 0 Å². The van der Waals surface area contributed by atoms with E-state index in [0.29, 0.717) is 45.3 Å². The third-order valence-electron chi connectivity index (χ3n) is 4.21. The Morgan fingerprint density at radius 2 is 1.87 bits per heavy atom. The normalized spacial score (nSPS) is 11.0. The second kappa shape index (κ2) is 11.8. The number of nitrogens with one attached hydrogen (secondary N) is 1. The summed E-state index contributed by atoms with van der Waals surface area (Å²) in [6.07, 6.45) is 0. The van der Waals surface area contributed by atoms with E-state index < -0.39 is 0 Å². The maximum atomic E-state index is 6.51. The number of rotatable bonds is 11. The Morgan fingerprint density at radius 3 is 2.55 bits per heavy atom. The molecule has 0 bridgehead atoms. The molecule has 166 valence electrons. The fourth-order valence-electron chi connectivity index (χ4n) is 2.73. The summed E-state index contributed by atoms with van der Waals surface area (Å²) in [5.41, 5.74) is 1.69. The van der Waals surface area contributed by atoms with Gasteiger partial charge in [-0.15, -0.1) is 5.10 Å². The van der Waals surface area contributed by atoms with Gasteiger partial charge in [-0.1, -0.05) is 52.6 Å². The number of ether oxygens (including phenoxy) is 2. The molecule has 0 amide bonds. The average Bonchev–Trinajstić information content (AvgIpc) is 3.14. The molecule has 3 aromatic rings. The SMILES string of the molecule is CCOc1cc(CNCCSc2nnnn2C)cc(Cl)c1OCc1c(Cl)cccc1Cl. The summed E-state index contributed by atoms with van der Waals surface area (Å²) in [7, 11) is 1.82. The zero-order chi connectivity index (χ0) is 22.2. The van der Waals surface area contributed by atoms with E-state index >= 15 is 0 Å². The van der Waals surface area contributed by atoms with E-state index in [1.54, 1.807) is 34.6 Å². The number of tetrazole rings is 1. The van der Waals surface area contributed by atoms with Crippen LogP contribution in [-0.4, -0.2) is 39.1 Å². The van der Waals surface area contributed by atoms with Crippen molar-refractivity contribution in [3.05, 3.63) is 56.5 Å². The molecule has 7 nitrogen and oxygen atoms in total. The fraction of sp³-hybridized carbons (Fsp3) is 0.350. The molecule has 0 aliphatic carbocycles. The van der Waals surface area contributed by atoms with Gasteiger partial charge in [0.1, 0.15) is 6.61 Å². The molecule has 2 aromatic carbocycles. The van der Waals surface area contributed by atoms with Crippen molar-refractivity contribution in [2.75, 3.05) is 18.9 Å². The molecular formula is C20H22Cl3N5O2S. The van der Waals surface area contributed by atoms with E-state index in [9.17, 15) is 0 Å². The highest BCUT2D eigenvalue weighted by atomic mass is 35.5. The number of thioether (sulfide) groups is 1. The number of aryl methyl sites for hydroxylation is 1. The van der Waals surface area contributed by atoms with E-state index in [-0.39, 0.29) is 6.61 Å². The summed E-state index contributed by atoms with van der Waals surface area (Å²) in [5, 5.41) is 17.1. The van der Waals surface area contributed by atoms with Crippen LogP contribution in [0.25, 0.3) is 0 Å². The summed E-state index contributed by atoms with van der Waals surface area (Å²) in [4.78, 5) is 0. The first-order valence-corrected chi connectivity index (χ1v) is 11.7. The third kappa shape index (κ3) is 6.63. The Balaban J connectivity index is 1.60. The Kier molecular flexibility index (Phi) is 9.10. The van der Waals surface area contributed by atoms with E-state index in [0.717, 1.165) is 23.0 Å². The lowest BCUT2D eigenvalue weighted by Gasteiger charge is -2.16. The maximum Gasteiger partial charge on any atom is 0.209 e. The molecule has 1 aromatic heterocycles. The highest BCUT2D eigenvalue weighted by Crippen LogP contribution is 2.38. The summed E-state index contributed by atoms with van der Waals surface area (Å²) < 4.78 is 13.4. The first-order chi connectivity index (χ1) is 15.0. The number of nitrogens with zero attached hydrogens (tertiary/aromatic N) is 4. The Hall–Kier alpha value is -1.71. The molecular weight excluding hydrogens is 481 g/mol. The van der Waals surface area contributed by atoms with E-state index in [1.165, 1.54) is 0 Å². The van der Waals surface area contributed by atoms with E-state index in [2.05, 4.69) is 20.8 Å². The zero-order valence-electron chi connectivity index (χ0n) is 17.1. The van der Waals surface area contributed by atoms with Gasteiger partial charge in [0.25, 0.3) is 0 Å². The molecule has 0 radical (unpaired) electrons. The monoisotopic (exact) mass is 501 g/mol. The first-order valence-electron chi connectivity index (χ1n) is 9.56. The van der Waals surface area contributed by atoms with Gasteiger partial charge in [-0.25, -0.2) is 4.68 Å². The van der Waals surface area contributed by atoms with E-state index in [4.69, 9.17) is 44.3 Å². The van der Waals surface area contributed by atoms with Gasteiger partial charge >= 0.3 is 0 Å². The van der Waals surface area contributed by atoms with Crippen molar-refractivity contribution in [2.24, 2.45) is 7.05 Å². The van der Waals surface area contributed by atoms with Crippen LogP contribution >= 0.6 is 46.6 Å². The molecule has 0 atom stereocenters. The third-order valence-corrected chi connectivity index (χ3v) is 6.21. The van der Waals surface area contributed by atoms with Crippen molar-refractivity contribution in [3.63, 3.8) is 0 Å². The van der Waals surface area contributed by atoms with Crippen molar-refractivity contribution in [1.82, 2.24) is 25.5 Å².